The summed E-state index contributed by atoms with van der Waals surface area (Å²) < 4.78 is 96.4. The van der Waals surface area contributed by atoms with Gasteiger partial charge in [0.15, 0.2) is 43.6 Å². The second-order valence-electron chi connectivity index (χ2n) is 31.6. The molecule has 1 saturated heterocycles. The number of carboxylic acids is 1. The number of aryl methyl sites for hydroxylation is 1. The molecule has 37 heteroatoms. The number of aliphatic carboxylic acids is 1. The number of amides is 4. The molecule has 0 aromatic heterocycles. The fraction of sp³-hybridized carbons (Fsp3) is 0.534. The maximum atomic E-state index is 15.4. The van der Waals surface area contributed by atoms with Gasteiger partial charge in [0.1, 0.15) is 67.7 Å². The number of halogens is 6. The largest absolute Gasteiger partial charge is 0.497 e. The molecule has 5 heterocycles. The van der Waals surface area contributed by atoms with E-state index in [0.717, 1.165) is 59.9 Å². The van der Waals surface area contributed by atoms with Gasteiger partial charge in [-0.3, -0.25) is 14.5 Å². The monoisotopic (exact) mass is 1880 g/mol. The molecule has 5 aromatic rings. The van der Waals surface area contributed by atoms with Crippen LogP contribution in [0, 0.1) is 12.3 Å². The maximum Gasteiger partial charge on any atom is 0.416 e. The number of hydrogen-bond acceptors (Lipinski definition) is 25. The van der Waals surface area contributed by atoms with Crippen molar-refractivity contribution >= 4 is 130 Å². The van der Waals surface area contributed by atoms with Crippen LogP contribution in [0.4, 0.5) is 21.0 Å². The number of nitrogens with zero attached hydrogens (tertiary/aromatic N) is 4. The number of aliphatic hydroxyl groups is 3. The van der Waals surface area contributed by atoms with E-state index in [1.54, 1.807) is 54.4 Å². The van der Waals surface area contributed by atoms with E-state index >= 15 is 9.59 Å². The van der Waals surface area contributed by atoms with E-state index in [1.165, 1.54) is 48.3 Å². The van der Waals surface area contributed by atoms with Crippen LogP contribution in [-0.4, -0.2) is 258 Å². The van der Waals surface area contributed by atoms with E-state index in [9.17, 15) is 34.8 Å². The summed E-state index contributed by atoms with van der Waals surface area (Å²) in [5.41, 5.74) is 4.55. The standard InChI is InChI=1S/C88H110Cl6N4O26Si/c1-11-30-117-70-46-63(122-83-77(101)75(99)76(100)78(123-83)82(104)105)29-24-58(70)19-12-13-31-111-32-14-33-112-34-15-35-113-36-16-37-114-38-17-39-115-42-43-116-62-27-22-57(23-28-62)60-45-69-81(124-125(9,10)86(3,4)5)98(85(107)121-54-88(92,93)94)68-50-74(72(110-8)48-65(68)80(103)96(69)52-60)119-41-18-40-118-73-49-67-64(47-71(73)109-7)79(102)95-51-59(56-20-25-61(108-6)26-21-56)44-66(95)55(2)97(67)84(106)120-53-87(89,90)91/h1,20-29,46-52,55,66,69,75-78,81,83,99-101H,12-19,30-45,53-54H2,2-10H3,(H,104,105)/t55-,66?,69?,75+,76+,77-,78+,81-,83-/m1/s1. The van der Waals surface area contributed by atoms with Crippen molar-refractivity contribution in [3.63, 3.8) is 0 Å². The molecule has 684 valence electrons. The number of methoxy groups -OCH3 is 3. The van der Waals surface area contributed by atoms with Crippen LogP contribution in [0.3, 0.4) is 0 Å². The van der Waals surface area contributed by atoms with Gasteiger partial charge in [0.05, 0.1) is 81.8 Å². The van der Waals surface area contributed by atoms with Crippen LogP contribution in [0.1, 0.15) is 123 Å². The third-order valence-corrected chi connectivity index (χ3v) is 26.8. The third-order valence-electron chi connectivity index (χ3n) is 21.8. The molecule has 5 aliphatic rings. The molecule has 10 rings (SSSR count). The summed E-state index contributed by atoms with van der Waals surface area (Å²) in [4.78, 5) is 76.8. The van der Waals surface area contributed by atoms with Crippen LogP contribution >= 0.6 is 69.6 Å². The van der Waals surface area contributed by atoms with Crippen LogP contribution in [0.15, 0.2) is 103 Å². The van der Waals surface area contributed by atoms with Gasteiger partial charge in [-0.1, -0.05) is 127 Å². The molecule has 4 amide bonds. The lowest BCUT2D eigenvalue weighted by Gasteiger charge is -2.44. The van der Waals surface area contributed by atoms with Crippen LogP contribution in [0.2, 0.25) is 18.1 Å². The molecule has 4 N–H and O–H groups in total. The Morgan fingerprint density at radius 3 is 1.47 bits per heavy atom. The molecule has 1 fully saturated rings. The van der Waals surface area contributed by atoms with E-state index in [0.29, 0.717) is 109 Å². The van der Waals surface area contributed by atoms with Gasteiger partial charge >= 0.3 is 18.2 Å². The molecular formula is C88H110Cl6N4O26Si. The maximum absolute atomic E-state index is 15.4. The van der Waals surface area contributed by atoms with Gasteiger partial charge in [0.2, 0.25) is 13.9 Å². The van der Waals surface area contributed by atoms with Gasteiger partial charge in [0, 0.05) is 96.5 Å². The van der Waals surface area contributed by atoms with Crippen molar-refractivity contribution in [1.29, 1.82) is 0 Å². The number of carboxylic acid groups (broad SMARTS) is 1. The minimum atomic E-state index is -2.88. The van der Waals surface area contributed by atoms with Crippen molar-refractivity contribution in [3.8, 4) is 58.3 Å². The van der Waals surface area contributed by atoms with Crippen LogP contribution in [0.5, 0.6) is 46.0 Å². The Bertz CT molecular complexity index is 4540. The lowest BCUT2D eigenvalue weighted by molar-refractivity contribution is -0.271. The number of carbonyl (C=O) groups excluding carboxylic acids is 4. The smallest absolute Gasteiger partial charge is 0.416 e. The van der Waals surface area contributed by atoms with Gasteiger partial charge in [0.25, 0.3) is 11.8 Å². The minimum Gasteiger partial charge on any atom is -0.497 e. The Morgan fingerprint density at radius 2 is 0.984 bits per heavy atom. The summed E-state index contributed by atoms with van der Waals surface area (Å²) in [6.45, 7) is 16.4. The van der Waals surface area contributed by atoms with Gasteiger partial charge < -0.3 is 110 Å². The van der Waals surface area contributed by atoms with Crippen LogP contribution in [-0.2, 0) is 53.5 Å². The number of benzene rings is 5. The fourth-order valence-electron chi connectivity index (χ4n) is 14.2. The predicted octanol–water partition coefficient (Wildman–Crippen LogP) is 14.8. The second-order valence-corrected chi connectivity index (χ2v) is 41.4. The van der Waals surface area contributed by atoms with E-state index < -0.39 is 119 Å². The van der Waals surface area contributed by atoms with Crippen LogP contribution < -0.4 is 47.7 Å². The molecule has 0 saturated carbocycles. The van der Waals surface area contributed by atoms with E-state index in [2.05, 4.69) is 26.7 Å². The van der Waals surface area contributed by atoms with Gasteiger partial charge in [-0.05, 0) is 153 Å². The van der Waals surface area contributed by atoms with Crippen molar-refractivity contribution in [2.75, 3.05) is 137 Å². The zero-order valence-electron chi connectivity index (χ0n) is 71.3. The Kier molecular flexibility index (Phi) is 36.8. The first-order chi connectivity index (χ1) is 59.6. The molecule has 5 aliphatic heterocycles. The molecule has 0 radical (unpaired) electrons. The highest BCUT2D eigenvalue weighted by Crippen LogP contribution is 2.49. The Hall–Kier alpha value is -7.95. The number of unbranched alkanes of at least 4 members (excludes halogenated alkanes) is 1. The van der Waals surface area contributed by atoms with Crippen molar-refractivity contribution in [1.82, 2.24) is 9.80 Å². The first-order valence-electron chi connectivity index (χ1n) is 41.2. The molecule has 30 nitrogen and oxygen atoms in total. The summed E-state index contributed by atoms with van der Waals surface area (Å²) in [6.07, 6.45) is 3.25. The SMILES string of the molecule is C#CCOc1cc(O[C@@H]2O[C@H](C(=O)O)[C@@H](O)[C@H](O)[C@H]2O)ccc1CCCCOCCCOCCCOCCCOCCCOCCOc1ccc(C2=CN3C(=O)c4cc(OC)c(OCCCOc5cc6c(cc5OC)C(=O)N5C=C(c7ccc(OC)cc7)CC5[C@@H](C)N6C(=O)OCC(Cl)(Cl)Cl)cc4N(C(=O)OCC(Cl)(Cl)Cl)[C@H](O[Si](C)(C)C(C)(C)C)C3C2)cc1. The predicted molar refractivity (Wildman–Crippen MR) is 473 cm³/mol. The van der Waals surface area contributed by atoms with Crippen molar-refractivity contribution < 1.29 is 125 Å². The number of aliphatic hydroxyl groups excluding tert-OH is 3. The van der Waals surface area contributed by atoms with Gasteiger partial charge in [-0.15, -0.1) is 6.42 Å². The summed E-state index contributed by atoms with van der Waals surface area (Å²) in [6, 6.07) is 23.9. The number of fused-ring (bicyclic) bond motifs is 4. The molecule has 0 aliphatic carbocycles. The number of hydrogen-bond donors (Lipinski definition) is 4. The highest BCUT2D eigenvalue weighted by molar-refractivity contribution is 6.74. The minimum absolute atomic E-state index is 0.00192. The zero-order chi connectivity index (χ0) is 90.3. The molecular weight excluding hydrogens is 1770 g/mol. The highest BCUT2D eigenvalue weighted by Gasteiger charge is 2.53. The molecule has 5 aromatic carbocycles. The molecule has 2 unspecified atom stereocenters. The third kappa shape index (κ3) is 27.1. The molecule has 9 atom stereocenters. The number of carbonyl (C=O) groups is 5. The van der Waals surface area contributed by atoms with E-state index in [1.807, 2.05) is 61.6 Å². The summed E-state index contributed by atoms with van der Waals surface area (Å²) in [5, 5.41) is 39.5. The van der Waals surface area contributed by atoms with Gasteiger partial charge in [-0.25, -0.2) is 19.3 Å². The second kappa shape index (κ2) is 46.3. The normalized spacial score (nSPS) is 20.1. The number of rotatable bonds is 45. The highest BCUT2D eigenvalue weighted by atomic mass is 35.6. The molecule has 125 heavy (non-hydrogen) atoms. The summed E-state index contributed by atoms with van der Waals surface area (Å²) >= 11 is 36.9. The van der Waals surface area contributed by atoms with Crippen molar-refractivity contribution in [2.45, 2.75) is 173 Å². The Labute approximate surface area is 759 Å². The molecule has 0 bridgehead atoms. The average molecular weight is 1880 g/mol. The first-order valence-corrected chi connectivity index (χ1v) is 46.4. The summed E-state index contributed by atoms with van der Waals surface area (Å²) in [5.74, 6) is 2.57. The van der Waals surface area contributed by atoms with Gasteiger partial charge in [-0.2, -0.15) is 0 Å². The van der Waals surface area contributed by atoms with Crippen molar-refractivity contribution in [2.24, 2.45) is 0 Å². The lowest BCUT2D eigenvalue weighted by Crippen LogP contribution is -2.61. The average Bonchev–Trinajstić information content (AvgIpc) is 1.60. The number of ether oxygens (including phenoxy) is 16. The number of alkyl halides is 6. The van der Waals surface area contributed by atoms with E-state index in [-0.39, 0.29) is 83.9 Å². The Morgan fingerprint density at radius 1 is 0.520 bits per heavy atom. The van der Waals surface area contributed by atoms with E-state index in [4.69, 9.17) is 156 Å². The number of anilines is 2. The number of terminal acetylenes is 1. The van der Waals surface area contributed by atoms with Crippen molar-refractivity contribution in [3.05, 3.63) is 131 Å². The zero-order valence-corrected chi connectivity index (χ0v) is 76.8. The topological polar surface area (TPSA) is 336 Å². The van der Waals surface area contributed by atoms with Crippen LogP contribution in [0.25, 0.3) is 11.1 Å². The lowest BCUT2D eigenvalue weighted by atomic mass is 9.98. The quantitative estimate of drug-likeness (QED) is 0.0122. The Balaban J connectivity index is 0.661. The fourth-order valence-corrected chi connectivity index (χ4v) is 15.8. The molecule has 0 spiro atoms. The summed E-state index contributed by atoms with van der Waals surface area (Å²) in [7, 11) is 1.55. The first kappa shape index (κ1) is 99.2.